The van der Waals surface area contributed by atoms with Crippen LogP contribution in [0.4, 0.5) is 0 Å². The largest absolute Gasteiger partial charge is 0.377 e. The van der Waals surface area contributed by atoms with Crippen LogP contribution in [0.1, 0.15) is 13.8 Å². The van der Waals surface area contributed by atoms with E-state index < -0.39 is 5.38 Å². The van der Waals surface area contributed by atoms with Crippen molar-refractivity contribution in [1.82, 2.24) is 0 Å². The number of ether oxygens (including phenoxy) is 1. The minimum atomic E-state index is -0.509. The molecule has 0 rings (SSSR count). The number of alkyl halides is 1. The van der Waals surface area contributed by atoms with Crippen LogP contribution in [0.15, 0.2) is 0 Å². The topological polar surface area (TPSA) is 26.3 Å². The second kappa shape index (κ2) is 4.77. The fraction of sp³-hybridized carbons (Fsp3) is 0.833. The molecule has 0 aliphatic rings. The third-order valence-corrected chi connectivity index (χ3v) is 1.47. The summed E-state index contributed by atoms with van der Waals surface area (Å²) in [7, 11) is 0. The first-order valence-corrected chi connectivity index (χ1v) is 3.37. The van der Waals surface area contributed by atoms with Crippen molar-refractivity contribution in [3.8, 4) is 0 Å². The van der Waals surface area contributed by atoms with Crippen LogP contribution in [-0.4, -0.2) is 24.4 Å². The van der Waals surface area contributed by atoms with Gasteiger partial charge in [0.1, 0.15) is 11.7 Å². The van der Waals surface area contributed by atoms with E-state index >= 15 is 0 Å². The van der Waals surface area contributed by atoms with Gasteiger partial charge in [0.2, 0.25) is 0 Å². The van der Waals surface area contributed by atoms with E-state index in [1.54, 1.807) is 6.92 Å². The van der Waals surface area contributed by atoms with Gasteiger partial charge in [0.05, 0.1) is 6.10 Å². The van der Waals surface area contributed by atoms with Crippen LogP contribution in [0.3, 0.4) is 0 Å². The van der Waals surface area contributed by atoms with E-state index in [0.29, 0.717) is 12.9 Å². The van der Waals surface area contributed by atoms with Crippen molar-refractivity contribution in [1.29, 1.82) is 0 Å². The molecule has 0 N–H and O–H groups in total. The average molecular weight is 151 g/mol. The molecule has 0 fully saturated rings. The lowest BCUT2D eigenvalue weighted by atomic mass is 10.3. The molecule has 0 amide bonds. The molecule has 0 aromatic heterocycles. The molecule has 0 heterocycles. The fourth-order valence-electron chi connectivity index (χ4n) is 0.465. The highest BCUT2D eigenvalue weighted by Crippen LogP contribution is 2.02. The SMILES string of the molecule is CCOC(C)C(Cl)C=O. The van der Waals surface area contributed by atoms with Gasteiger partial charge in [0.25, 0.3) is 0 Å². The molecule has 54 valence electrons. The van der Waals surface area contributed by atoms with Crippen molar-refractivity contribution in [3.63, 3.8) is 0 Å². The lowest BCUT2D eigenvalue weighted by Crippen LogP contribution is -2.21. The van der Waals surface area contributed by atoms with Gasteiger partial charge in [-0.1, -0.05) is 0 Å². The first-order chi connectivity index (χ1) is 4.22. The van der Waals surface area contributed by atoms with Gasteiger partial charge < -0.3 is 9.53 Å². The number of halogens is 1. The molecule has 3 heteroatoms. The van der Waals surface area contributed by atoms with Gasteiger partial charge in [-0.3, -0.25) is 0 Å². The maximum absolute atomic E-state index is 10.0. The van der Waals surface area contributed by atoms with E-state index in [4.69, 9.17) is 16.3 Å². The van der Waals surface area contributed by atoms with Crippen molar-refractivity contribution in [2.75, 3.05) is 6.61 Å². The summed E-state index contributed by atoms with van der Waals surface area (Å²) in [6.07, 6.45) is 0.510. The Hall–Kier alpha value is -0.0800. The van der Waals surface area contributed by atoms with E-state index in [1.807, 2.05) is 6.92 Å². The van der Waals surface area contributed by atoms with Gasteiger partial charge in [0.15, 0.2) is 0 Å². The molecule has 2 nitrogen and oxygen atoms in total. The van der Waals surface area contributed by atoms with Gasteiger partial charge in [-0.05, 0) is 13.8 Å². The molecule has 0 saturated heterocycles. The maximum atomic E-state index is 10.0. The van der Waals surface area contributed by atoms with Crippen molar-refractivity contribution in [3.05, 3.63) is 0 Å². The summed E-state index contributed by atoms with van der Waals surface area (Å²) in [4.78, 5) is 10.0. The van der Waals surface area contributed by atoms with Crippen LogP contribution < -0.4 is 0 Å². The molecular weight excluding hydrogens is 140 g/mol. The molecule has 0 saturated carbocycles. The minimum absolute atomic E-state index is 0.172. The summed E-state index contributed by atoms with van der Waals surface area (Å²) in [5, 5.41) is -0.509. The predicted octanol–water partition coefficient (Wildman–Crippen LogP) is 1.22. The summed E-state index contributed by atoms with van der Waals surface area (Å²) in [6.45, 7) is 4.23. The Kier molecular flexibility index (Phi) is 4.72. The summed E-state index contributed by atoms with van der Waals surface area (Å²) in [6, 6.07) is 0. The number of hydrogen-bond acceptors (Lipinski definition) is 2. The third kappa shape index (κ3) is 3.49. The van der Waals surface area contributed by atoms with Crippen LogP contribution in [0.2, 0.25) is 0 Å². The number of hydrogen-bond donors (Lipinski definition) is 0. The average Bonchev–Trinajstić information content (AvgIpc) is 1.87. The molecule has 0 aliphatic carbocycles. The molecule has 9 heavy (non-hydrogen) atoms. The summed E-state index contributed by atoms with van der Waals surface area (Å²) in [5.74, 6) is 0. The van der Waals surface area contributed by atoms with E-state index in [-0.39, 0.29) is 6.10 Å². The van der Waals surface area contributed by atoms with Crippen molar-refractivity contribution >= 4 is 17.9 Å². The fourth-order valence-corrected chi connectivity index (χ4v) is 0.538. The van der Waals surface area contributed by atoms with E-state index in [2.05, 4.69) is 0 Å². The number of carbonyl (C=O) groups is 1. The van der Waals surface area contributed by atoms with Gasteiger partial charge in [-0.25, -0.2) is 0 Å². The smallest absolute Gasteiger partial charge is 0.140 e. The number of carbonyl (C=O) groups excluding carboxylic acids is 1. The monoisotopic (exact) mass is 150 g/mol. The molecule has 0 radical (unpaired) electrons. The van der Waals surface area contributed by atoms with Crippen LogP contribution in [0.5, 0.6) is 0 Å². The van der Waals surface area contributed by atoms with Crippen LogP contribution >= 0.6 is 11.6 Å². The Morgan fingerprint density at radius 2 is 2.33 bits per heavy atom. The Bertz CT molecular complexity index is 85.1. The highest BCUT2D eigenvalue weighted by molar-refractivity contribution is 6.28. The maximum Gasteiger partial charge on any atom is 0.140 e. The zero-order valence-corrected chi connectivity index (χ0v) is 6.39. The van der Waals surface area contributed by atoms with Crippen molar-refractivity contribution < 1.29 is 9.53 Å². The van der Waals surface area contributed by atoms with Gasteiger partial charge in [-0.15, -0.1) is 11.6 Å². The van der Waals surface area contributed by atoms with Crippen LogP contribution in [-0.2, 0) is 9.53 Å². The lowest BCUT2D eigenvalue weighted by Gasteiger charge is -2.11. The van der Waals surface area contributed by atoms with Gasteiger partial charge in [-0.2, -0.15) is 0 Å². The third-order valence-electron chi connectivity index (χ3n) is 1.01. The van der Waals surface area contributed by atoms with Crippen molar-refractivity contribution in [2.24, 2.45) is 0 Å². The highest BCUT2D eigenvalue weighted by atomic mass is 35.5. The molecule has 0 aromatic carbocycles. The molecule has 0 aliphatic heterocycles. The summed E-state index contributed by atoms with van der Waals surface area (Å²) in [5.41, 5.74) is 0. The predicted molar refractivity (Wildman–Crippen MR) is 36.8 cm³/mol. The molecule has 0 bridgehead atoms. The zero-order valence-electron chi connectivity index (χ0n) is 5.63. The van der Waals surface area contributed by atoms with E-state index in [9.17, 15) is 4.79 Å². The standard InChI is InChI=1S/C6H11ClO2/c1-3-9-5(2)6(7)4-8/h4-6H,3H2,1-2H3. The molecule has 0 aromatic rings. The first kappa shape index (κ1) is 8.92. The van der Waals surface area contributed by atoms with Crippen LogP contribution in [0.25, 0.3) is 0 Å². The Balaban J connectivity index is 3.44. The second-order valence-corrected chi connectivity index (χ2v) is 2.24. The van der Waals surface area contributed by atoms with E-state index in [1.165, 1.54) is 0 Å². The van der Waals surface area contributed by atoms with Crippen LogP contribution in [0, 0.1) is 0 Å². The number of aldehydes is 1. The Morgan fingerprint density at radius 3 is 2.67 bits per heavy atom. The summed E-state index contributed by atoms with van der Waals surface area (Å²) >= 11 is 5.50. The van der Waals surface area contributed by atoms with Gasteiger partial charge in [0, 0.05) is 6.61 Å². The van der Waals surface area contributed by atoms with Gasteiger partial charge >= 0.3 is 0 Å². The molecule has 0 spiro atoms. The number of rotatable bonds is 4. The minimum Gasteiger partial charge on any atom is -0.377 e. The first-order valence-electron chi connectivity index (χ1n) is 2.93. The Morgan fingerprint density at radius 1 is 1.78 bits per heavy atom. The van der Waals surface area contributed by atoms with Crippen molar-refractivity contribution in [2.45, 2.75) is 25.3 Å². The molecular formula is C6H11ClO2. The highest BCUT2D eigenvalue weighted by Gasteiger charge is 2.11. The normalized spacial score (nSPS) is 16.8. The quantitative estimate of drug-likeness (QED) is 0.445. The molecule has 2 atom stereocenters. The lowest BCUT2D eigenvalue weighted by molar-refractivity contribution is -0.109. The summed E-state index contributed by atoms with van der Waals surface area (Å²) < 4.78 is 5.03. The Labute approximate surface area is 60.1 Å². The zero-order chi connectivity index (χ0) is 7.28. The molecule has 2 unspecified atom stereocenters. The second-order valence-electron chi connectivity index (χ2n) is 1.74. The van der Waals surface area contributed by atoms with E-state index in [0.717, 1.165) is 0 Å².